The van der Waals surface area contributed by atoms with E-state index in [1.807, 2.05) is 12.3 Å². The Hall–Kier alpha value is -2.37. The van der Waals surface area contributed by atoms with E-state index in [1.54, 1.807) is 6.20 Å². The number of carbonyl (C=O) groups is 1. The number of urea groups is 1. The number of H-pyrrole nitrogens is 1. The van der Waals surface area contributed by atoms with Gasteiger partial charge in [0.25, 0.3) is 0 Å². The van der Waals surface area contributed by atoms with E-state index in [9.17, 15) is 4.79 Å². The number of pyridine rings is 1. The Morgan fingerprint density at radius 1 is 1.09 bits per heavy atom. The first-order valence-electron chi connectivity index (χ1n) is 7.87. The van der Waals surface area contributed by atoms with Crippen molar-refractivity contribution < 1.29 is 4.79 Å². The van der Waals surface area contributed by atoms with Gasteiger partial charge in [0, 0.05) is 12.1 Å². The van der Waals surface area contributed by atoms with Crippen LogP contribution in [0.3, 0.4) is 0 Å². The van der Waals surface area contributed by atoms with Crippen molar-refractivity contribution >= 4 is 17.5 Å². The Morgan fingerprint density at radius 2 is 1.95 bits per heavy atom. The van der Waals surface area contributed by atoms with Crippen LogP contribution in [-0.2, 0) is 0 Å². The van der Waals surface area contributed by atoms with Crippen LogP contribution in [0.2, 0.25) is 0 Å². The molecule has 22 heavy (non-hydrogen) atoms. The van der Waals surface area contributed by atoms with Crippen molar-refractivity contribution in [3.05, 3.63) is 35.8 Å². The van der Waals surface area contributed by atoms with E-state index in [4.69, 9.17) is 0 Å². The van der Waals surface area contributed by atoms with Crippen molar-refractivity contribution in [1.29, 1.82) is 0 Å². The fourth-order valence-corrected chi connectivity index (χ4v) is 2.81. The quantitative estimate of drug-likeness (QED) is 0.806. The minimum absolute atomic E-state index is 0.285. The maximum absolute atomic E-state index is 12.1. The third-order valence-electron chi connectivity index (χ3n) is 4.51. The van der Waals surface area contributed by atoms with Crippen LogP contribution in [0.4, 0.5) is 16.3 Å². The van der Waals surface area contributed by atoms with Crippen LogP contribution in [0.5, 0.6) is 0 Å². The largest absolute Gasteiger partial charge is 0.324 e. The third kappa shape index (κ3) is 2.68. The second-order valence-corrected chi connectivity index (χ2v) is 6.16. The number of carbonyl (C=O) groups excluding carboxylic acids is 1. The van der Waals surface area contributed by atoms with Crippen LogP contribution in [0.25, 0.3) is 0 Å². The fourth-order valence-electron chi connectivity index (χ4n) is 2.81. The maximum Gasteiger partial charge on any atom is 0.324 e. The summed E-state index contributed by atoms with van der Waals surface area (Å²) in [5, 5.41) is 12.6. The summed E-state index contributed by atoms with van der Waals surface area (Å²) in [6.07, 6.45) is 9.64. The Labute approximate surface area is 128 Å². The Balaban J connectivity index is 1.37. The van der Waals surface area contributed by atoms with Crippen LogP contribution in [-0.4, -0.2) is 21.2 Å². The molecule has 2 amide bonds. The molecule has 0 atom stereocenters. The summed E-state index contributed by atoms with van der Waals surface area (Å²) < 4.78 is 0. The molecular formula is C16H19N5O. The average Bonchev–Trinajstić information content (AvgIpc) is 3.20. The van der Waals surface area contributed by atoms with Crippen LogP contribution in [0.1, 0.15) is 55.2 Å². The van der Waals surface area contributed by atoms with E-state index in [1.165, 1.54) is 24.8 Å². The number of anilines is 2. The highest BCUT2D eigenvalue weighted by Gasteiger charge is 2.28. The minimum atomic E-state index is -0.285. The normalized spacial score (nSPS) is 17.8. The molecule has 0 saturated heterocycles. The number of nitrogens with one attached hydrogen (secondary N) is 3. The van der Waals surface area contributed by atoms with E-state index in [0.717, 1.165) is 24.2 Å². The molecule has 6 nitrogen and oxygen atoms in total. The highest BCUT2D eigenvalue weighted by molar-refractivity contribution is 5.99. The number of hydrogen-bond acceptors (Lipinski definition) is 3. The number of aromatic nitrogens is 3. The Morgan fingerprint density at radius 3 is 2.59 bits per heavy atom. The Bertz CT molecular complexity index is 670. The molecule has 2 heterocycles. The van der Waals surface area contributed by atoms with E-state index >= 15 is 0 Å². The van der Waals surface area contributed by atoms with Gasteiger partial charge in [0.05, 0.1) is 17.6 Å². The molecule has 4 rings (SSSR count). The molecule has 2 saturated carbocycles. The van der Waals surface area contributed by atoms with Gasteiger partial charge in [0.2, 0.25) is 0 Å². The Kier molecular flexibility index (Phi) is 3.29. The number of rotatable bonds is 4. The molecule has 2 aromatic heterocycles. The molecule has 2 aliphatic rings. The molecular weight excluding hydrogens is 278 g/mol. The second kappa shape index (κ2) is 5.44. The van der Waals surface area contributed by atoms with Crippen molar-refractivity contribution in [3.8, 4) is 0 Å². The van der Waals surface area contributed by atoms with Gasteiger partial charge < -0.3 is 5.32 Å². The van der Waals surface area contributed by atoms with Crippen molar-refractivity contribution in [2.24, 2.45) is 0 Å². The lowest BCUT2D eigenvalue weighted by molar-refractivity contribution is 0.262. The predicted molar refractivity (Wildman–Crippen MR) is 84.0 cm³/mol. The van der Waals surface area contributed by atoms with Gasteiger partial charge >= 0.3 is 6.03 Å². The van der Waals surface area contributed by atoms with Gasteiger partial charge in [-0.05, 0) is 43.2 Å². The SMILES string of the molecule is O=C(Nc1ccc(C2CCC2)cn1)Nc1cn[nH]c1C1CC1. The zero-order valence-electron chi connectivity index (χ0n) is 12.3. The zero-order valence-corrected chi connectivity index (χ0v) is 12.3. The first kappa shape index (κ1) is 13.3. The van der Waals surface area contributed by atoms with Crippen LogP contribution in [0, 0.1) is 0 Å². The maximum atomic E-state index is 12.1. The molecule has 2 aromatic rings. The smallest absolute Gasteiger partial charge is 0.305 e. The first-order valence-corrected chi connectivity index (χ1v) is 7.87. The molecule has 6 heteroatoms. The standard InChI is InChI=1S/C16H19N5O/c22-16(19-13-9-18-21-15(13)11-4-5-11)20-14-7-6-12(8-17-14)10-2-1-3-10/h6-11H,1-5H2,(H,18,21)(H2,17,19,20,22). The van der Waals surface area contributed by atoms with Crippen LogP contribution in [0.15, 0.2) is 24.5 Å². The molecule has 0 radical (unpaired) electrons. The molecule has 2 aliphatic carbocycles. The molecule has 2 fully saturated rings. The predicted octanol–water partition coefficient (Wildman–Crippen LogP) is 3.59. The highest BCUT2D eigenvalue weighted by Crippen LogP contribution is 2.42. The van der Waals surface area contributed by atoms with Gasteiger partial charge in [-0.15, -0.1) is 0 Å². The van der Waals surface area contributed by atoms with Gasteiger partial charge in [-0.3, -0.25) is 10.4 Å². The molecule has 0 unspecified atom stereocenters. The molecule has 0 aromatic carbocycles. The summed E-state index contributed by atoms with van der Waals surface area (Å²) in [5.74, 6) is 1.73. The lowest BCUT2D eigenvalue weighted by atomic mass is 9.81. The van der Waals surface area contributed by atoms with Crippen LogP contribution >= 0.6 is 0 Å². The number of hydrogen-bond donors (Lipinski definition) is 3. The summed E-state index contributed by atoms with van der Waals surface area (Å²) in [5.41, 5.74) is 3.04. The summed E-state index contributed by atoms with van der Waals surface area (Å²) in [6.45, 7) is 0. The third-order valence-corrected chi connectivity index (χ3v) is 4.51. The summed E-state index contributed by atoms with van der Waals surface area (Å²) in [4.78, 5) is 16.4. The molecule has 0 spiro atoms. The number of nitrogens with zero attached hydrogens (tertiary/aromatic N) is 2. The molecule has 3 N–H and O–H groups in total. The summed E-state index contributed by atoms with van der Waals surface area (Å²) in [6, 6.07) is 3.64. The van der Waals surface area contributed by atoms with Crippen molar-refractivity contribution in [1.82, 2.24) is 15.2 Å². The fraction of sp³-hybridized carbons (Fsp3) is 0.438. The first-order chi connectivity index (χ1) is 10.8. The van der Waals surface area contributed by atoms with Gasteiger partial charge in [0.15, 0.2) is 0 Å². The van der Waals surface area contributed by atoms with Crippen LogP contribution < -0.4 is 10.6 Å². The van der Waals surface area contributed by atoms with Gasteiger partial charge in [-0.1, -0.05) is 12.5 Å². The van der Waals surface area contributed by atoms with Gasteiger partial charge in [-0.25, -0.2) is 9.78 Å². The molecule has 114 valence electrons. The lowest BCUT2D eigenvalue weighted by Gasteiger charge is -2.25. The van der Waals surface area contributed by atoms with Gasteiger partial charge in [0.1, 0.15) is 5.82 Å². The lowest BCUT2D eigenvalue weighted by Crippen LogP contribution is -2.20. The van der Waals surface area contributed by atoms with Gasteiger partial charge in [-0.2, -0.15) is 5.10 Å². The van der Waals surface area contributed by atoms with Crippen molar-refractivity contribution in [2.45, 2.75) is 43.9 Å². The van der Waals surface area contributed by atoms with E-state index in [0.29, 0.717) is 17.7 Å². The number of amides is 2. The van der Waals surface area contributed by atoms with Crippen molar-refractivity contribution in [3.63, 3.8) is 0 Å². The summed E-state index contributed by atoms with van der Waals surface area (Å²) >= 11 is 0. The molecule has 0 aliphatic heterocycles. The van der Waals surface area contributed by atoms with Crippen molar-refractivity contribution in [2.75, 3.05) is 10.6 Å². The average molecular weight is 297 g/mol. The monoisotopic (exact) mass is 297 g/mol. The topological polar surface area (TPSA) is 82.7 Å². The minimum Gasteiger partial charge on any atom is -0.305 e. The van der Waals surface area contributed by atoms with E-state index in [-0.39, 0.29) is 6.03 Å². The van der Waals surface area contributed by atoms with E-state index in [2.05, 4.69) is 31.9 Å². The number of aromatic amines is 1. The highest BCUT2D eigenvalue weighted by atomic mass is 16.2. The second-order valence-electron chi connectivity index (χ2n) is 6.16. The molecule has 0 bridgehead atoms. The van der Waals surface area contributed by atoms with E-state index < -0.39 is 0 Å². The zero-order chi connectivity index (χ0) is 14.9. The summed E-state index contributed by atoms with van der Waals surface area (Å²) in [7, 11) is 0.